The van der Waals surface area contributed by atoms with Gasteiger partial charge in [-0.2, -0.15) is 0 Å². The largest absolute Gasteiger partial charge is 0.491 e. The van der Waals surface area contributed by atoms with Crippen LogP contribution in [0, 0.1) is 12.8 Å². The molecule has 0 radical (unpaired) electrons. The second-order valence-corrected chi connectivity index (χ2v) is 8.43. The van der Waals surface area contributed by atoms with Crippen LogP contribution in [0.25, 0.3) is 0 Å². The van der Waals surface area contributed by atoms with Crippen LogP contribution in [0.2, 0.25) is 0 Å². The van der Waals surface area contributed by atoms with Gasteiger partial charge < -0.3 is 4.74 Å². The van der Waals surface area contributed by atoms with E-state index >= 15 is 0 Å². The van der Waals surface area contributed by atoms with Crippen LogP contribution in [-0.4, -0.2) is 30.7 Å². The highest BCUT2D eigenvalue weighted by Gasteiger charge is 2.47. The molecule has 0 bridgehead atoms. The molecule has 0 saturated carbocycles. The first-order valence-electron chi connectivity index (χ1n) is 8.43. The van der Waals surface area contributed by atoms with Crippen molar-refractivity contribution in [3.8, 4) is 0 Å². The van der Waals surface area contributed by atoms with Gasteiger partial charge in [0.2, 0.25) is 0 Å². The Labute approximate surface area is 149 Å². The number of Topliss-reactive ketones (excluding diaryl/α,β-unsaturated/α-hetero) is 1. The zero-order valence-electron chi connectivity index (χ0n) is 14.9. The quantitative estimate of drug-likeness (QED) is 0.826. The third-order valence-electron chi connectivity index (χ3n) is 4.77. The third kappa shape index (κ3) is 2.99. The molecule has 1 aromatic carbocycles. The van der Waals surface area contributed by atoms with Crippen molar-refractivity contribution in [2.45, 2.75) is 51.2 Å². The number of hydrogen-bond donors (Lipinski definition) is 0. The van der Waals surface area contributed by atoms with Gasteiger partial charge in [-0.1, -0.05) is 30.7 Å². The zero-order chi connectivity index (χ0) is 18.4. The monoisotopic (exact) mass is 361 g/mol. The van der Waals surface area contributed by atoms with Crippen molar-refractivity contribution < 1.29 is 17.9 Å². The van der Waals surface area contributed by atoms with Crippen LogP contribution in [0.4, 0.5) is 0 Å². The second-order valence-electron chi connectivity index (χ2n) is 6.62. The second kappa shape index (κ2) is 6.33. The van der Waals surface area contributed by atoms with Crippen molar-refractivity contribution >= 4 is 15.8 Å². The van der Waals surface area contributed by atoms with Gasteiger partial charge in [-0.25, -0.2) is 8.42 Å². The molecule has 134 valence electrons. The SMILES string of the molecule is CCC1=CC2C(O1)C(C(C)=O)C=C(C)N2S(=O)(=O)c1ccc(C)cc1. The number of carbonyl (C=O) groups is 1. The molecule has 1 aromatic rings. The first-order valence-corrected chi connectivity index (χ1v) is 9.87. The first-order chi connectivity index (χ1) is 11.8. The van der Waals surface area contributed by atoms with Crippen molar-refractivity contribution in [2.24, 2.45) is 5.92 Å². The maximum Gasteiger partial charge on any atom is 0.264 e. The van der Waals surface area contributed by atoms with E-state index in [2.05, 4.69) is 0 Å². The van der Waals surface area contributed by atoms with Crippen molar-refractivity contribution in [3.63, 3.8) is 0 Å². The fraction of sp³-hybridized carbons (Fsp3) is 0.421. The van der Waals surface area contributed by atoms with Gasteiger partial charge >= 0.3 is 0 Å². The molecule has 0 saturated heterocycles. The van der Waals surface area contributed by atoms with E-state index in [9.17, 15) is 13.2 Å². The third-order valence-corrected chi connectivity index (χ3v) is 6.69. The van der Waals surface area contributed by atoms with Gasteiger partial charge in [0.1, 0.15) is 17.9 Å². The summed E-state index contributed by atoms with van der Waals surface area (Å²) in [5.74, 6) is 0.274. The molecule has 0 N–H and O–H groups in total. The van der Waals surface area contributed by atoms with E-state index < -0.39 is 28.1 Å². The van der Waals surface area contributed by atoms with Gasteiger partial charge in [0.05, 0.1) is 16.6 Å². The molecule has 0 spiro atoms. The number of allylic oxidation sites excluding steroid dienone is 2. The minimum absolute atomic E-state index is 0.0208. The maximum absolute atomic E-state index is 13.2. The van der Waals surface area contributed by atoms with Crippen molar-refractivity contribution in [3.05, 3.63) is 53.4 Å². The number of fused-ring (bicyclic) bond motifs is 1. The average molecular weight is 361 g/mol. The van der Waals surface area contributed by atoms with Crippen LogP contribution in [0.15, 0.2) is 52.8 Å². The molecule has 0 fully saturated rings. The number of nitrogens with zero attached hydrogens (tertiary/aromatic N) is 1. The number of aryl methyl sites for hydroxylation is 1. The molecule has 2 aliphatic heterocycles. The Kier molecular flexibility index (Phi) is 4.49. The molecule has 3 unspecified atom stereocenters. The summed E-state index contributed by atoms with van der Waals surface area (Å²) in [5, 5.41) is 0. The zero-order valence-corrected chi connectivity index (χ0v) is 15.7. The summed E-state index contributed by atoms with van der Waals surface area (Å²) in [6, 6.07) is 6.29. The highest BCUT2D eigenvalue weighted by Crippen LogP contribution is 2.39. The molecular weight excluding hydrogens is 338 g/mol. The van der Waals surface area contributed by atoms with Crippen LogP contribution in [-0.2, 0) is 19.6 Å². The molecule has 0 aromatic heterocycles. The van der Waals surface area contributed by atoms with E-state index in [4.69, 9.17) is 4.74 Å². The van der Waals surface area contributed by atoms with E-state index in [0.29, 0.717) is 12.1 Å². The summed E-state index contributed by atoms with van der Waals surface area (Å²) in [4.78, 5) is 12.3. The van der Waals surface area contributed by atoms with Crippen molar-refractivity contribution in [1.29, 1.82) is 0 Å². The van der Waals surface area contributed by atoms with Crippen molar-refractivity contribution in [1.82, 2.24) is 4.31 Å². The van der Waals surface area contributed by atoms with Crippen LogP contribution in [0.1, 0.15) is 32.8 Å². The normalized spacial score (nSPS) is 25.8. The molecule has 2 heterocycles. The number of hydrogen-bond acceptors (Lipinski definition) is 4. The molecule has 3 atom stereocenters. The summed E-state index contributed by atoms with van der Waals surface area (Å²) in [6.07, 6.45) is 3.70. The van der Waals surface area contributed by atoms with Crippen LogP contribution >= 0.6 is 0 Å². The average Bonchev–Trinajstić information content (AvgIpc) is 2.97. The number of ether oxygens (including phenoxy) is 1. The van der Waals surface area contributed by atoms with E-state index in [0.717, 1.165) is 11.3 Å². The first kappa shape index (κ1) is 17.7. The highest BCUT2D eigenvalue weighted by molar-refractivity contribution is 7.89. The number of carbonyl (C=O) groups excluding carboxylic acids is 1. The van der Waals surface area contributed by atoms with Gasteiger partial charge in [0, 0.05) is 12.1 Å². The standard InChI is InChI=1S/C19H23NO4S/c1-5-15-11-18-19(24-15)17(14(4)21)10-13(3)20(18)25(22,23)16-8-6-12(2)7-9-16/h6-11,17-19H,5H2,1-4H3. The lowest BCUT2D eigenvalue weighted by Crippen LogP contribution is -2.50. The Hall–Kier alpha value is -2.08. The fourth-order valence-corrected chi connectivity index (χ4v) is 5.09. The fourth-order valence-electron chi connectivity index (χ4n) is 3.44. The predicted octanol–water partition coefficient (Wildman–Crippen LogP) is 3.17. The Bertz CT molecular complexity index is 852. The molecule has 25 heavy (non-hydrogen) atoms. The van der Waals surface area contributed by atoms with Crippen LogP contribution in [0.3, 0.4) is 0 Å². The topological polar surface area (TPSA) is 63.7 Å². The van der Waals surface area contributed by atoms with Gasteiger partial charge in [0.15, 0.2) is 0 Å². The van der Waals surface area contributed by atoms with Crippen molar-refractivity contribution in [2.75, 3.05) is 0 Å². The van der Waals surface area contributed by atoms with E-state index in [1.807, 2.05) is 19.9 Å². The minimum atomic E-state index is -3.73. The summed E-state index contributed by atoms with van der Waals surface area (Å²) in [5.41, 5.74) is 1.55. The van der Waals surface area contributed by atoms with E-state index in [1.165, 1.54) is 11.2 Å². The molecule has 2 aliphatic rings. The summed E-state index contributed by atoms with van der Waals surface area (Å²) in [7, 11) is -3.73. The minimum Gasteiger partial charge on any atom is -0.491 e. The Balaban J connectivity index is 2.10. The summed E-state index contributed by atoms with van der Waals surface area (Å²) in [6.45, 7) is 7.11. The Morgan fingerprint density at radius 2 is 1.80 bits per heavy atom. The smallest absolute Gasteiger partial charge is 0.264 e. The lowest BCUT2D eigenvalue weighted by molar-refractivity contribution is -0.123. The lowest BCUT2D eigenvalue weighted by Gasteiger charge is -2.39. The van der Waals surface area contributed by atoms with E-state index in [-0.39, 0.29) is 10.7 Å². The molecule has 3 rings (SSSR count). The molecule has 0 aliphatic carbocycles. The molecule has 5 nitrogen and oxygen atoms in total. The maximum atomic E-state index is 13.2. The van der Waals surface area contributed by atoms with Gasteiger partial charge in [-0.05, 0) is 39.0 Å². The number of sulfonamides is 1. The molecular formula is C19H23NO4S. The van der Waals surface area contributed by atoms with Gasteiger partial charge in [-0.15, -0.1) is 0 Å². The van der Waals surface area contributed by atoms with Crippen LogP contribution < -0.4 is 0 Å². The van der Waals surface area contributed by atoms with Crippen LogP contribution in [0.5, 0.6) is 0 Å². The Morgan fingerprint density at radius 3 is 2.36 bits per heavy atom. The lowest BCUT2D eigenvalue weighted by atomic mass is 9.89. The molecule has 6 heteroatoms. The van der Waals surface area contributed by atoms with Gasteiger partial charge in [0.25, 0.3) is 10.0 Å². The van der Waals surface area contributed by atoms with Gasteiger partial charge in [-0.3, -0.25) is 9.10 Å². The number of rotatable bonds is 4. The summed E-state index contributed by atoms with van der Waals surface area (Å²) >= 11 is 0. The van der Waals surface area contributed by atoms with E-state index in [1.54, 1.807) is 37.3 Å². The predicted molar refractivity (Wildman–Crippen MR) is 95.2 cm³/mol. The Morgan fingerprint density at radius 1 is 1.16 bits per heavy atom. The highest BCUT2D eigenvalue weighted by atomic mass is 32.2. The summed E-state index contributed by atoms with van der Waals surface area (Å²) < 4.78 is 33.8. The number of benzene rings is 1. The number of ketones is 1. The molecule has 0 amide bonds.